The molecule has 3 aromatic rings. The minimum atomic E-state index is -0.222. The zero-order chi connectivity index (χ0) is 16.4. The Kier molecular flexibility index (Phi) is 4.44. The number of aromatic nitrogens is 2. The van der Waals surface area contributed by atoms with Gasteiger partial charge in [0.05, 0.1) is 11.0 Å². The quantitative estimate of drug-likeness (QED) is 0.729. The highest BCUT2D eigenvalue weighted by Crippen LogP contribution is 2.16. The van der Waals surface area contributed by atoms with Crippen molar-refractivity contribution in [2.24, 2.45) is 7.05 Å². The Bertz CT molecular complexity index is 816. The summed E-state index contributed by atoms with van der Waals surface area (Å²) in [6.07, 6.45) is 0.817. The Morgan fingerprint density at radius 2 is 1.83 bits per heavy atom. The fourth-order valence-electron chi connectivity index (χ4n) is 3.04. The molecular weight excluding hydrogens is 289 g/mol. The first-order valence-corrected chi connectivity index (χ1v) is 7.91. The normalized spacial score (nSPS) is 11.3. The van der Waals surface area contributed by atoms with Gasteiger partial charge >= 0.3 is 0 Å². The van der Waals surface area contributed by atoms with E-state index in [0.717, 1.165) is 36.4 Å². The second kappa shape index (κ2) is 6.50. The number of nitrogens with zero attached hydrogens (tertiary/aromatic N) is 2. The smallest absolute Gasteiger partial charge is 0.125 e. The van der Waals surface area contributed by atoms with Crippen molar-refractivity contribution in [1.29, 1.82) is 0 Å². The van der Waals surface area contributed by atoms with Gasteiger partial charge in [0.2, 0.25) is 0 Å². The molecule has 0 amide bonds. The van der Waals surface area contributed by atoms with Crippen LogP contribution in [0.15, 0.2) is 36.4 Å². The summed E-state index contributed by atoms with van der Waals surface area (Å²) in [6.45, 7) is 5.93. The number of nitrogens with one attached hydrogen (secondary N) is 1. The molecular formula is C19H22FN3. The molecule has 0 aliphatic heterocycles. The van der Waals surface area contributed by atoms with Crippen LogP contribution >= 0.6 is 0 Å². The summed E-state index contributed by atoms with van der Waals surface area (Å²) in [5.74, 6) is 0.749. The van der Waals surface area contributed by atoms with E-state index in [-0.39, 0.29) is 5.82 Å². The van der Waals surface area contributed by atoms with Crippen molar-refractivity contribution in [3.63, 3.8) is 0 Å². The molecule has 0 atom stereocenters. The van der Waals surface area contributed by atoms with Crippen molar-refractivity contribution in [1.82, 2.24) is 14.9 Å². The van der Waals surface area contributed by atoms with Gasteiger partial charge in [-0.2, -0.15) is 0 Å². The van der Waals surface area contributed by atoms with E-state index in [4.69, 9.17) is 0 Å². The van der Waals surface area contributed by atoms with Crippen LogP contribution in [-0.2, 0) is 20.0 Å². The van der Waals surface area contributed by atoms with Crippen LogP contribution in [-0.4, -0.2) is 16.1 Å². The van der Waals surface area contributed by atoms with E-state index in [1.165, 1.54) is 28.8 Å². The topological polar surface area (TPSA) is 29.9 Å². The Morgan fingerprint density at radius 3 is 2.57 bits per heavy atom. The molecule has 23 heavy (non-hydrogen) atoms. The average Bonchev–Trinajstić information content (AvgIpc) is 2.79. The summed E-state index contributed by atoms with van der Waals surface area (Å²) in [5, 5.41) is 3.46. The van der Waals surface area contributed by atoms with E-state index in [0.29, 0.717) is 0 Å². The van der Waals surface area contributed by atoms with E-state index in [1.807, 2.05) is 11.6 Å². The molecule has 1 heterocycles. The highest BCUT2D eigenvalue weighted by Gasteiger charge is 2.08. The largest absolute Gasteiger partial charge is 0.331 e. The van der Waals surface area contributed by atoms with Crippen LogP contribution in [0.1, 0.15) is 22.5 Å². The second-order valence-corrected chi connectivity index (χ2v) is 6.14. The predicted octanol–water partition coefficient (Wildman–Crippen LogP) is 3.66. The van der Waals surface area contributed by atoms with Gasteiger partial charge in [-0.3, -0.25) is 0 Å². The summed E-state index contributed by atoms with van der Waals surface area (Å²) in [6, 6.07) is 11.3. The second-order valence-electron chi connectivity index (χ2n) is 6.14. The summed E-state index contributed by atoms with van der Waals surface area (Å²) in [4.78, 5) is 4.58. The van der Waals surface area contributed by atoms with Gasteiger partial charge in [0.15, 0.2) is 0 Å². The molecule has 0 spiro atoms. The molecule has 3 nitrogen and oxygen atoms in total. The third kappa shape index (κ3) is 3.59. The van der Waals surface area contributed by atoms with E-state index in [2.05, 4.69) is 42.3 Å². The fourth-order valence-corrected chi connectivity index (χ4v) is 3.04. The maximum absolute atomic E-state index is 13.3. The number of hydrogen-bond donors (Lipinski definition) is 1. The van der Waals surface area contributed by atoms with E-state index in [9.17, 15) is 4.39 Å². The van der Waals surface area contributed by atoms with Gasteiger partial charge in [-0.05, 0) is 37.6 Å². The van der Waals surface area contributed by atoms with Gasteiger partial charge in [-0.25, -0.2) is 9.37 Å². The first-order chi connectivity index (χ1) is 11.0. The molecule has 0 saturated carbocycles. The van der Waals surface area contributed by atoms with E-state index >= 15 is 0 Å². The zero-order valence-electron chi connectivity index (χ0n) is 13.9. The van der Waals surface area contributed by atoms with Crippen LogP contribution in [0, 0.1) is 19.7 Å². The minimum Gasteiger partial charge on any atom is -0.331 e. The van der Waals surface area contributed by atoms with Crippen molar-refractivity contribution in [3.8, 4) is 0 Å². The molecule has 120 valence electrons. The van der Waals surface area contributed by atoms with Crippen LogP contribution in [0.2, 0.25) is 0 Å². The Labute approximate surface area is 136 Å². The highest BCUT2D eigenvalue weighted by atomic mass is 19.1. The number of imidazole rings is 1. The third-order valence-electron chi connectivity index (χ3n) is 4.07. The molecule has 0 aliphatic carbocycles. The van der Waals surface area contributed by atoms with Crippen LogP contribution in [0.25, 0.3) is 11.0 Å². The lowest BCUT2D eigenvalue weighted by atomic mass is 10.1. The lowest BCUT2D eigenvalue weighted by Gasteiger charge is -2.07. The van der Waals surface area contributed by atoms with Gasteiger partial charge in [-0.1, -0.05) is 29.3 Å². The van der Waals surface area contributed by atoms with E-state index in [1.54, 1.807) is 6.07 Å². The number of rotatable bonds is 5. The fraction of sp³-hybridized carbons (Fsp3) is 0.316. The molecule has 0 unspecified atom stereocenters. The molecule has 4 heteroatoms. The third-order valence-corrected chi connectivity index (χ3v) is 4.07. The molecule has 0 bridgehead atoms. The van der Waals surface area contributed by atoms with Crippen molar-refractivity contribution in [3.05, 3.63) is 64.7 Å². The molecule has 1 N–H and O–H groups in total. The number of aryl methyl sites for hydroxylation is 3. The number of hydrogen-bond acceptors (Lipinski definition) is 2. The van der Waals surface area contributed by atoms with Gasteiger partial charge < -0.3 is 9.88 Å². The molecule has 2 aromatic carbocycles. The zero-order valence-corrected chi connectivity index (χ0v) is 13.9. The van der Waals surface area contributed by atoms with Crippen molar-refractivity contribution < 1.29 is 4.39 Å². The lowest BCUT2D eigenvalue weighted by Crippen LogP contribution is -2.18. The molecule has 3 rings (SSSR count). The monoisotopic (exact) mass is 311 g/mol. The van der Waals surface area contributed by atoms with Crippen LogP contribution < -0.4 is 5.32 Å². The summed E-state index contributed by atoms with van der Waals surface area (Å²) < 4.78 is 15.3. The predicted molar refractivity (Wildman–Crippen MR) is 92.0 cm³/mol. The van der Waals surface area contributed by atoms with Gasteiger partial charge in [-0.15, -0.1) is 0 Å². The first-order valence-electron chi connectivity index (χ1n) is 7.91. The molecule has 0 saturated heterocycles. The number of benzene rings is 2. The van der Waals surface area contributed by atoms with Gasteiger partial charge in [0.25, 0.3) is 0 Å². The van der Waals surface area contributed by atoms with E-state index < -0.39 is 0 Å². The molecule has 0 aliphatic rings. The van der Waals surface area contributed by atoms with Crippen molar-refractivity contribution in [2.75, 3.05) is 6.54 Å². The van der Waals surface area contributed by atoms with Gasteiger partial charge in [0, 0.05) is 26.6 Å². The SMILES string of the molecule is Cc1cc(C)cc(CNCCc2nc3ccc(F)cc3n2C)c1. The maximum Gasteiger partial charge on any atom is 0.125 e. The summed E-state index contributed by atoms with van der Waals surface area (Å²) in [7, 11) is 1.94. The van der Waals surface area contributed by atoms with Crippen LogP contribution in [0.3, 0.4) is 0 Å². The Balaban J connectivity index is 1.61. The van der Waals surface area contributed by atoms with Crippen LogP contribution in [0.5, 0.6) is 0 Å². The average molecular weight is 311 g/mol. The number of fused-ring (bicyclic) bond motifs is 1. The number of halogens is 1. The first kappa shape index (κ1) is 15.7. The van der Waals surface area contributed by atoms with Crippen LogP contribution in [0.4, 0.5) is 4.39 Å². The molecule has 1 aromatic heterocycles. The van der Waals surface area contributed by atoms with Crippen molar-refractivity contribution in [2.45, 2.75) is 26.8 Å². The minimum absolute atomic E-state index is 0.222. The molecule has 0 radical (unpaired) electrons. The van der Waals surface area contributed by atoms with Crippen molar-refractivity contribution >= 4 is 11.0 Å². The Hall–Kier alpha value is -2.20. The summed E-state index contributed by atoms with van der Waals surface area (Å²) >= 11 is 0. The maximum atomic E-state index is 13.3. The standard InChI is InChI=1S/C19H22FN3/c1-13-8-14(2)10-15(9-13)12-21-7-6-19-22-17-5-4-16(20)11-18(17)23(19)3/h4-5,8-11,21H,6-7,12H2,1-3H3. The summed E-state index contributed by atoms with van der Waals surface area (Å²) in [5.41, 5.74) is 5.57. The highest BCUT2D eigenvalue weighted by molar-refractivity contribution is 5.75. The molecule has 0 fully saturated rings. The lowest BCUT2D eigenvalue weighted by molar-refractivity contribution is 0.628. The van der Waals surface area contributed by atoms with Gasteiger partial charge in [0.1, 0.15) is 11.6 Å². The Morgan fingerprint density at radius 1 is 1.09 bits per heavy atom.